The topological polar surface area (TPSA) is 83.9 Å². The van der Waals surface area contributed by atoms with Crippen molar-refractivity contribution in [2.45, 2.75) is 32.8 Å². The Kier molecular flexibility index (Phi) is 4.47. The highest BCUT2D eigenvalue weighted by Gasteiger charge is 2.39. The molecule has 1 heterocycles. The van der Waals surface area contributed by atoms with Crippen molar-refractivity contribution in [1.82, 2.24) is 5.06 Å². The summed E-state index contributed by atoms with van der Waals surface area (Å²) in [6.07, 6.45) is 0.0932. The van der Waals surface area contributed by atoms with Crippen LogP contribution in [0.2, 0.25) is 0 Å². The third-order valence-electron chi connectivity index (χ3n) is 2.76. The summed E-state index contributed by atoms with van der Waals surface area (Å²) in [7, 11) is -3.09. The second kappa shape index (κ2) is 5.29. The molecule has 1 aliphatic rings. The van der Waals surface area contributed by atoms with E-state index in [1.165, 1.54) is 6.66 Å². The molecule has 2 amide bonds. The Morgan fingerprint density at radius 1 is 1.53 bits per heavy atom. The summed E-state index contributed by atoms with van der Waals surface area (Å²) in [6.45, 7) is 4.68. The third kappa shape index (κ3) is 3.91. The van der Waals surface area contributed by atoms with E-state index >= 15 is 0 Å². The Labute approximate surface area is 100 Å². The first-order valence-corrected chi connectivity index (χ1v) is 7.84. The number of hydroxylamine groups is 2. The van der Waals surface area contributed by atoms with Gasteiger partial charge in [-0.15, -0.1) is 0 Å². The van der Waals surface area contributed by atoms with Crippen molar-refractivity contribution in [1.29, 1.82) is 0 Å². The maximum absolute atomic E-state index is 11.6. The molecule has 0 aromatic heterocycles. The van der Waals surface area contributed by atoms with Gasteiger partial charge in [-0.25, -0.2) is 0 Å². The van der Waals surface area contributed by atoms with Gasteiger partial charge in [-0.05, 0) is 13.3 Å². The molecule has 0 spiro atoms. The van der Waals surface area contributed by atoms with Crippen molar-refractivity contribution in [3.05, 3.63) is 0 Å². The summed E-state index contributed by atoms with van der Waals surface area (Å²) in [5.41, 5.74) is 0. The van der Waals surface area contributed by atoms with Gasteiger partial charge in [0.1, 0.15) is 0 Å². The van der Waals surface area contributed by atoms with Crippen molar-refractivity contribution in [3.8, 4) is 0 Å². The number of nitrogens with zero attached hydrogens (tertiary/aromatic N) is 1. The van der Waals surface area contributed by atoms with E-state index in [9.17, 15) is 14.2 Å². The molecular formula is C10H18NO5P. The molecule has 0 saturated carbocycles. The monoisotopic (exact) mass is 263 g/mol. The summed E-state index contributed by atoms with van der Waals surface area (Å²) >= 11 is 0. The number of hydrogen-bond donors (Lipinski definition) is 1. The molecule has 6 nitrogen and oxygen atoms in total. The van der Waals surface area contributed by atoms with Crippen LogP contribution in [0.3, 0.4) is 0 Å². The van der Waals surface area contributed by atoms with Gasteiger partial charge >= 0.3 is 0 Å². The van der Waals surface area contributed by atoms with E-state index in [0.717, 1.165) is 5.06 Å². The number of amides is 2. The molecule has 0 radical (unpaired) electrons. The van der Waals surface area contributed by atoms with Gasteiger partial charge in [0.25, 0.3) is 11.8 Å². The fourth-order valence-corrected chi connectivity index (χ4v) is 2.25. The van der Waals surface area contributed by atoms with E-state index in [1.54, 1.807) is 13.8 Å². The van der Waals surface area contributed by atoms with Gasteiger partial charge in [0, 0.05) is 19.2 Å². The Balaban J connectivity index is 2.44. The molecule has 1 saturated heterocycles. The molecule has 0 aromatic rings. The Morgan fingerprint density at radius 2 is 2.12 bits per heavy atom. The van der Waals surface area contributed by atoms with Gasteiger partial charge in [-0.1, -0.05) is 6.92 Å². The molecule has 7 heteroatoms. The van der Waals surface area contributed by atoms with Crippen LogP contribution in [0.25, 0.3) is 0 Å². The van der Waals surface area contributed by atoms with E-state index in [0.29, 0.717) is 0 Å². The number of imide groups is 1. The van der Waals surface area contributed by atoms with E-state index in [4.69, 9.17) is 9.73 Å². The molecule has 1 N–H and O–H groups in total. The molecule has 0 aromatic carbocycles. The fourth-order valence-electron chi connectivity index (χ4n) is 1.50. The summed E-state index contributed by atoms with van der Waals surface area (Å²) in [4.78, 5) is 37.4. The van der Waals surface area contributed by atoms with Crippen molar-refractivity contribution < 1.29 is 23.9 Å². The molecule has 3 atom stereocenters. The molecule has 0 bridgehead atoms. The third-order valence-corrected chi connectivity index (χ3v) is 3.90. The van der Waals surface area contributed by atoms with Crippen molar-refractivity contribution >= 4 is 19.2 Å². The molecule has 98 valence electrons. The van der Waals surface area contributed by atoms with Gasteiger partial charge in [-0.2, -0.15) is 5.06 Å². The van der Waals surface area contributed by atoms with E-state index in [2.05, 4.69) is 0 Å². The molecule has 1 aliphatic heterocycles. The van der Waals surface area contributed by atoms with Crippen LogP contribution in [0, 0.1) is 5.92 Å². The zero-order valence-corrected chi connectivity index (χ0v) is 11.1. The Bertz CT molecular complexity index is 364. The van der Waals surface area contributed by atoms with Crippen LogP contribution in [-0.2, 0) is 19.0 Å². The number of hydrogen-bond acceptors (Lipinski definition) is 4. The molecule has 1 rings (SSSR count). The Morgan fingerprint density at radius 3 is 2.53 bits per heavy atom. The average molecular weight is 263 g/mol. The first-order chi connectivity index (χ1) is 7.72. The molecule has 1 fully saturated rings. The minimum Gasteiger partial charge on any atom is -0.344 e. The zero-order chi connectivity index (χ0) is 13.2. The summed E-state index contributed by atoms with van der Waals surface area (Å²) < 4.78 is 11.0. The summed E-state index contributed by atoms with van der Waals surface area (Å²) in [6, 6.07) is 0. The smallest absolute Gasteiger partial charge is 0.259 e. The predicted octanol–water partition coefficient (Wildman–Crippen LogP) is 0.992. The number of carbonyl (C=O) groups is 2. The van der Waals surface area contributed by atoms with Gasteiger partial charge in [0.15, 0.2) is 7.37 Å². The molecule has 3 unspecified atom stereocenters. The lowest BCUT2D eigenvalue weighted by Crippen LogP contribution is -2.32. The lowest BCUT2D eigenvalue weighted by molar-refractivity contribution is -0.185. The van der Waals surface area contributed by atoms with Crippen molar-refractivity contribution in [3.63, 3.8) is 0 Å². The lowest BCUT2D eigenvalue weighted by atomic mass is 10.1. The molecule has 17 heavy (non-hydrogen) atoms. The maximum Gasteiger partial charge on any atom is 0.259 e. The van der Waals surface area contributed by atoms with Crippen LogP contribution >= 0.6 is 7.37 Å². The zero-order valence-electron chi connectivity index (χ0n) is 10.3. The summed E-state index contributed by atoms with van der Waals surface area (Å²) in [5.74, 6) is -1.11. The molecular weight excluding hydrogens is 245 g/mol. The SMILES string of the molecule is CC1ON(C(=O)CCCP(C)(=O)O)C(=O)C1C. The van der Waals surface area contributed by atoms with Gasteiger partial charge in [0.2, 0.25) is 0 Å². The maximum atomic E-state index is 11.6. The van der Waals surface area contributed by atoms with Gasteiger partial charge in [-0.3, -0.25) is 19.0 Å². The highest BCUT2D eigenvalue weighted by atomic mass is 31.2. The minimum atomic E-state index is -3.09. The average Bonchev–Trinajstić information content (AvgIpc) is 2.44. The lowest BCUT2D eigenvalue weighted by Gasteiger charge is -2.13. The normalized spacial score (nSPS) is 28.2. The first-order valence-electron chi connectivity index (χ1n) is 5.55. The fraction of sp³-hybridized carbons (Fsp3) is 0.800. The number of carbonyl (C=O) groups excluding carboxylic acids is 2. The van der Waals surface area contributed by atoms with Crippen LogP contribution < -0.4 is 0 Å². The van der Waals surface area contributed by atoms with E-state index < -0.39 is 13.3 Å². The van der Waals surface area contributed by atoms with Crippen LogP contribution in [0.15, 0.2) is 0 Å². The van der Waals surface area contributed by atoms with Crippen LogP contribution in [-0.4, -0.2) is 40.7 Å². The van der Waals surface area contributed by atoms with Gasteiger partial charge in [0.05, 0.1) is 12.0 Å². The second-order valence-electron chi connectivity index (χ2n) is 4.50. The number of rotatable bonds is 4. The molecule has 0 aliphatic carbocycles. The first kappa shape index (κ1) is 14.4. The Hall–Kier alpha value is -0.710. The standard InChI is InChI=1S/C10H18NO5P/c1-7-8(2)16-11(10(7)13)9(12)5-4-6-17(3,14)15/h7-8H,4-6H2,1-3H3,(H,14,15). The summed E-state index contributed by atoms with van der Waals surface area (Å²) in [5, 5.41) is 0.785. The van der Waals surface area contributed by atoms with Crippen molar-refractivity contribution in [2.24, 2.45) is 5.92 Å². The van der Waals surface area contributed by atoms with Crippen LogP contribution in [0.1, 0.15) is 26.7 Å². The van der Waals surface area contributed by atoms with E-state index in [1.807, 2.05) is 0 Å². The quantitative estimate of drug-likeness (QED) is 0.765. The minimum absolute atomic E-state index is 0.0452. The predicted molar refractivity (Wildman–Crippen MR) is 61.4 cm³/mol. The highest BCUT2D eigenvalue weighted by Crippen LogP contribution is 2.36. The van der Waals surface area contributed by atoms with Crippen LogP contribution in [0.4, 0.5) is 0 Å². The van der Waals surface area contributed by atoms with Crippen molar-refractivity contribution in [2.75, 3.05) is 12.8 Å². The van der Waals surface area contributed by atoms with Crippen LogP contribution in [0.5, 0.6) is 0 Å². The second-order valence-corrected chi connectivity index (χ2v) is 7.05. The van der Waals surface area contributed by atoms with Gasteiger partial charge < -0.3 is 4.89 Å². The largest absolute Gasteiger partial charge is 0.344 e. The highest BCUT2D eigenvalue weighted by molar-refractivity contribution is 7.57. The van der Waals surface area contributed by atoms with E-state index in [-0.39, 0.29) is 36.9 Å².